The number of anilines is 1. The summed E-state index contributed by atoms with van der Waals surface area (Å²) in [6.07, 6.45) is 2.70. The third kappa shape index (κ3) is 3.58. The van der Waals surface area contributed by atoms with Crippen LogP contribution in [0.1, 0.15) is 49.8 Å². The Hall–Kier alpha value is -2.79. The lowest BCUT2D eigenvalue weighted by molar-refractivity contribution is -0.123. The molecule has 1 atom stereocenters. The molecule has 6 heteroatoms. The third-order valence-corrected chi connectivity index (χ3v) is 6.52. The second-order valence-electron chi connectivity index (χ2n) is 8.77. The van der Waals surface area contributed by atoms with Crippen molar-refractivity contribution in [1.82, 2.24) is 10.2 Å². The Morgan fingerprint density at radius 1 is 1.20 bits per heavy atom. The minimum absolute atomic E-state index is 0.0447. The zero-order valence-corrected chi connectivity index (χ0v) is 18.5. The van der Waals surface area contributed by atoms with Crippen molar-refractivity contribution in [3.8, 4) is 0 Å². The van der Waals surface area contributed by atoms with Crippen LogP contribution < -0.4 is 10.2 Å². The summed E-state index contributed by atoms with van der Waals surface area (Å²) < 4.78 is 0. The van der Waals surface area contributed by atoms with Crippen molar-refractivity contribution in [3.05, 3.63) is 69.9 Å². The quantitative estimate of drug-likeness (QED) is 0.548. The highest BCUT2D eigenvalue weighted by Crippen LogP contribution is 2.44. The number of halogens is 1. The van der Waals surface area contributed by atoms with Gasteiger partial charge in [0.25, 0.3) is 5.91 Å². The van der Waals surface area contributed by atoms with Gasteiger partial charge in [-0.2, -0.15) is 0 Å². The average Bonchev–Trinajstić information content (AvgIpc) is 2.95. The van der Waals surface area contributed by atoms with E-state index in [1.165, 1.54) is 10.5 Å². The Morgan fingerprint density at radius 2 is 1.90 bits per heavy atom. The molecule has 0 bridgehead atoms. The number of carbonyl (C=O) groups is 2. The zero-order chi connectivity index (χ0) is 21.6. The summed E-state index contributed by atoms with van der Waals surface area (Å²) in [4.78, 5) is 28.7. The number of hydrogen-bond donors (Lipinski definition) is 1. The van der Waals surface area contributed by atoms with Gasteiger partial charge in [-0.05, 0) is 61.1 Å². The van der Waals surface area contributed by atoms with Crippen LogP contribution in [0.3, 0.4) is 0 Å². The van der Waals surface area contributed by atoms with Crippen LogP contribution in [0.2, 0.25) is 5.02 Å². The van der Waals surface area contributed by atoms with Crippen LogP contribution in [0, 0.1) is 0 Å². The highest BCUT2D eigenvalue weighted by atomic mass is 35.5. The van der Waals surface area contributed by atoms with Crippen LogP contribution in [0.15, 0.2) is 48.2 Å². The first-order chi connectivity index (χ1) is 14.2. The van der Waals surface area contributed by atoms with E-state index in [0.717, 1.165) is 23.2 Å². The summed E-state index contributed by atoms with van der Waals surface area (Å²) in [5, 5.41) is 3.25. The molecule has 2 aliphatic heterocycles. The Kier molecular flexibility index (Phi) is 5.10. The largest absolute Gasteiger partial charge is 0.369 e. The van der Waals surface area contributed by atoms with Crippen molar-refractivity contribution < 1.29 is 9.59 Å². The maximum Gasteiger partial charge on any atom is 0.329 e. The van der Waals surface area contributed by atoms with Gasteiger partial charge >= 0.3 is 6.03 Å². The van der Waals surface area contributed by atoms with E-state index in [1.54, 1.807) is 6.08 Å². The van der Waals surface area contributed by atoms with Gasteiger partial charge in [0.05, 0.1) is 6.54 Å². The minimum atomic E-state index is -0.418. The lowest BCUT2D eigenvalue weighted by Gasteiger charge is -2.45. The third-order valence-electron chi connectivity index (χ3n) is 6.20. The zero-order valence-electron chi connectivity index (χ0n) is 17.7. The number of amides is 3. The van der Waals surface area contributed by atoms with Gasteiger partial charge in [0.1, 0.15) is 5.70 Å². The highest BCUT2D eigenvalue weighted by molar-refractivity contribution is 6.32. The van der Waals surface area contributed by atoms with Gasteiger partial charge in [-0.3, -0.25) is 9.69 Å². The van der Waals surface area contributed by atoms with Crippen molar-refractivity contribution in [2.45, 2.75) is 45.2 Å². The molecule has 2 aromatic carbocycles. The van der Waals surface area contributed by atoms with E-state index < -0.39 is 6.03 Å². The van der Waals surface area contributed by atoms with Crippen LogP contribution in [-0.4, -0.2) is 29.4 Å². The average molecular weight is 424 g/mol. The molecule has 3 amide bonds. The lowest BCUT2D eigenvalue weighted by Crippen LogP contribution is -2.45. The lowest BCUT2D eigenvalue weighted by atomic mass is 9.80. The van der Waals surface area contributed by atoms with Gasteiger partial charge in [0.2, 0.25) is 0 Å². The molecule has 30 heavy (non-hydrogen) atoms. The second-order valence-corrected chi connectivity index (χ2v) is 9.18. The number of imide groups is 1. The fourth-order valence-electron chi connectivity index (χ4n) is 4.35. The first-order valence-electron chi connectivity index (χ1n) is 10.1. The summed E-state index contributed by atoms with van der Waals surface area (Å²) >= 11 is 6.59. The topological polar surface area (TPSA) is 52.7 Å². The first-order valence-corrected chi connectivity index (χ1v) is 10.5. The molecule has 0 radical (unpaired) electrons. The Morgan fingerprint density at radius 3 is 2.60 bits per heavy atom. The minimum Gasteiger partial charge on any atom is -0.369 e. The summed E-state index contributed by atoms with van der Waals surface area (Å²) in [7, 11) is 2.08. The van der Waals surface area contributed by atoms with Gasteiger partial charge < -0.3 is 10.2 Å². The number of nitrogens with zero attached hydrogens (tertiary/aromatic N) is 2. The van der Waals surface area contributed by atoms with Gasteiger partial charge in [-0.15, -0.1) is 0 Å². The number of carbonyl (C=O) groups excluding carboxylic acids is 2. The maximum atomic E-state index is 12.8. The molecule has 2 aliphatic rings. The molecule has 2 aromatic rings. The summed E-state index contributed by atoms with van der Waals surface area (Å²) in [6.45, 7) is 6.90. The molecule has 4 rings (SSSR count). The van der Waals surface area contributed by atoms with Crippen LogP contribution in [-0.2, 0) is 11.3 Å². The monoisotopic (exact) mass is 423 g/mol. The van der Waals surface area contributed by atoms with E-state index in [-0.39, 0.29) is 23.7 Å². The Labute approximate surface area is 182 Å². The van der Waals surface area contributed by atoms with E-state index in [4.69, 9.17) is 11.6 Å². The van der Waals surface area contributed by atoms with E-state index in [1.807, 2.05) is 42.5 Å². The number of urea groups is 1. The van der Waals surface area contributed by atoms with Crippen LogP contribution in [0.4, 0.5) is 10.5 Å². The maximum absolute atomic E-state index is 12.8. The summed E-state index contributed by atoms with van der Waals surface area (Å²) in [5.74, 6) is 0.0213. The molecule has 1 saturated heterocycles. The molecule has 2 heterocycles. The molecular formula is C24H26ClN3O2. The number of nitrogens with one attached hydrogen (secondary N) is 1. The fraction of sp³-hybridized carbons (Fsp3) is 0.333. The Bertz CT molecular complexity index is 1050. The van der Waals surface area contributed by atoms with Crippen LogP contribution in [0.5, 0.6) is 0 Å². The van der Waals surface area contributed by atoms with E-state index >= 15 is 0 Å². The van der Waals surface area contributed by atoms with E-state index in [9.17, 15) is 9.59 Å². The number of fused-ring (bicyclic) bond motifs is 1. The van der Waals surface area contributed by atoms with Gasteiger partial charge in [-0.25, -0.2) is 4.79 Å². The van der Waals surface area contributed by atoms with Crippen molar-refractivity contribution in [1.29, 1.82) is 0 Å². The summed E-state index contributed by atoms with van der Waals surface area (Å²) in [5.41, 5.74) is 4.23. The molecule has 0 saturated carbocycles. The van der Waals surface area contributed by atoms with Crippen LogP contribution >= 0.6 is 11.6 Å². The van der Waals surface area contributed by atoms with Crippen molar-refractivity contribution >= 4 is 35.3 Å². The second kappa shape index (κ2) is 7.47. The molecule has 5 nitrogen and oxygen atoms in total. The van der Waals surface area contributed by atoms with Crippen LogP contribution in [0.25, 0.3) is 6.08 Å². The number of rotatable bonds is 3. The fourth-order valence-corrected chi connectivity index (χ4v) is 4.56. The summed E-state index contributed by atoms with van der Waals surface area (Å²) in [6, 6.07) is 13.0. The molecular weight excluding hydrogens is 398 g/mol. The van der Waals surface area contributed by atoms with Gasteiger partial charge in [-0.1, -0.05) is 48.9 Å². The first kappa shape index (κ1) is 20.5. The SMILES string of the molecule is C[C@H]1CC(C)(C)N(C)c2cc(Cl)c(/C=C3\NC(=O)N(Cc4ccccc4)C3=O)cc21. The van der Waals surface area contributed by atoms with Gasteiger partial charge in [0.15, 0.2) is 0 Å². The number of benzene rings is 2. The van der Waals surface area contributed by atoms with Crippen molar-refractivity contribution in [2.75, 3.05) is 11.9 Å². The Balaban J connectivity index is 1.65. The highest BCUT2D eigenvalue weighted by Gasteiger charge is 2.36. The van der Waals surface area contributed by atoms with E-state index in [0.29, 0.717) is 10.9 Å². The predicted octanol–water partition coefficient (Wildman–Crippen LogP) is 5.15. The molecule has 156 valence electrons. The molecule has 0 aliphatic carbocycles. The van der Waals surface area contributed by atoms with Crippen molar-refractivity contribution in [3.63, 3.8) is 0 Å². The molecule has 0 unspecified atom stereocenters. The van der Waals surface area contributed by atoms with Crippen molar-refractivity contribution in [2.24, 2.45) is 0 Å². The van der Waals surface area contributed by atoms with Gasteiger partial charge in [0, 0.05) is 23.3 Å². The predicted molar refractivity (Wildman–Crippen MR) is 120 cm³/mol. The normalized spacial score (nSPS) is 21.8. The van der Waals surface area contributed by atoms with E-state index in [2.05, 4.69) is 38.0 Å². The molecule has 0 spiro atoms. The standard InChI is InChI=1S/C24H26ClN3O2/c1-15-13-24(2,3)27(4)21-12-19(25)17(10-18(15)21)11-20-22(29)28(23(30)26-20)14-16-8-6-5-7-9-16/h5-12,15H,13-14H2,1-4H3,(H,26,30)/b20-11-/t15-/m0/s1. The molecule has 1 N–H and O–H groups in total. The number of hydrogen-bond acceptors (Lipinski definition) is 3. The smallest absolute Gasteiger partial charge is 0.329 e. The molecule has 0 aromatic heterocycles. The molecule has 1 fully saturated rings.